The maximum Gasteiger partial charge on any atom is 0.160 e. The van der Waals surface area contributed by atoms with Crippen molar-refractivity contribution in [3.63, 3.8) is 0 Å². The SMILES string of the molecule is NC1(Cc2nc3cccnc3n2C2CC2)CCCC1. The van der Waals surface area contributed by atoms with Gasteiger partial charge in [0.2, 0.25) is 0 Å². The Morgan fingerprint density at radius 2 is 2.11 bits per heavy atom. The first-order chi connectivity index (χ1) is 9.25. The fourth-order valence-corrected chi connectivity index (χ4v) is 3.39. The van der Waals surface area contributed by atoms with Crippen molar-refractivity contribution in [2.45, 2.75) is 56.5 Å². The second-order valence-electron chi connectivity index (χ2n) is 6.22. The lowest BCUT2D eigenvalue weighted by molar-refractivity contribution is 0.418. The maximum absolute atomic E-state index is 6.53. The molecule has 0 amide bonds. The van der Waals surface area contributed by atoms with E-state index in [1.54, 1.807) is 0 Å². The smallest absolute Gasteiger partial charge is 0.160 e. The minimum Gasteiger partial charge on any atom is -0.325 e. The third-order valence-corrected chi connectivity index (χ3v) is 4.54. The zero-order chi connectivity index (χ0) is 12.9. The van der Waals surface area contributed by atoms with Crippen LogP contribution in [0.3, 0.4) is 0 Å². The van der Waals surface area contributed by atoms with Gasteiger partial charge >= 0.3 is 0 Å². The molecule has 4 nitrogen and oxygen atoms in total. The third-order valence-electron chi connectivity index (χ3n) is 4.54. The highest BCUT2D eigenvalue weighted by Crippen LogP contribution is 2.39. The molecule has 0 atom stereocenters. The van der Waals surface area contributed by atoms with Gasteiger partial charge in [0, 0.05) is 24.2 Å². The summed E-state index contributed by atoms with van der Waals surface area (Å²) in [4.78, 5) is 9.32. The van der Waals surface area contributed by atoms with Crippen LogP contribution in [0.1, 0.15) is 50.4 Å². The molecule has 2 fully saturated rings. The first kappa shape index (κ1) is 11.4. The van der Waals surface area contributed by atoms with Gasteiger partial charge in [-0.15, -0.1) is 0 Å². The monoisotopic (exact) mass is 256 g/mol. The molecule has 4 heteroatoms. The number of fused-ring (bicyclic) bond motifs is 1. The summed E-state index contributed by atoms with van der Waals surface area (Å²) in [5.41, 5.74) is 8.56. The Morgan fingerprint density at radius 1 is 1.32 bits per heavy atom. The van der Waals surface area contributed by atoms with Crippen molar-refractivity contribution < 1.29 is 0 Å². The molecule has 2 aromatic rings. The molecule has 0 bridgehead atoms. The van der Waals surface area contributed by atoms with Gasteiger partial charge in [-0.3, -0.25) is 0 Å². The van der Waals surface area contributed by atoms with Crippen molar-refractivity contribution in [3.8, 4) is 0 Å². The zero-order valence-corrected chi connectivity index (χ0v) is 11.2. The van der Waals surface area contributed by atoms with E-state index >= 15 is 0 Å². The molecule has 2 saturated carbocycles. The summed E-state index contributed by atoms with van der Waals surface area (Å²) in [5, 5.41) is 0. The molecule has 2 aliphatic rings. The lowest BCUT2D eigenvalue weighted by atomic mass is 9.94. The van der Waals surface area contributed by atoms with Gasteiger partial charge < -0.3 is 10.3 Å². The van der Waals surface area contributed by atoms with Crippen molar-refractivity contribution in [2.75, 3.05) is 0 Å². The topological polar surface area (TPSA) is 56.7 Å². The van der Waals surface area contributed by atoms with Crippen LogP contribution < -0.4 is 5.73 Å². The molecule has 2 heterocycles. The average molecular weight is 256 g/mol. The lowest BCUT2D eigenvalue weighted by Gasteiger charge is -2.23. The van der Waals surface area contributed by atoms with Gasteiger partial charge in [-0.25, -0.2) is 9.97 Å². The normalized spacial score (nSPS) is 22.2. The predicted molar refractivity (Wildman–Crippen MR) is 74.9 cm³/mol. The fourth-order valence-electron chi connectivity index (χ4n) is 3.39. The van der Waals surface area contributed by atoms with Crippen LogP contribution in [-0.4, -0.2) is 20.1 Å². The van der Waals surface area contributed by atoms with E-state index in [1.807, 2.05) is 12.3 Å². The summed E-state index contributed by atoms with van der Waals surface area (Å²) in [6.07, 6.45) is 10.1. The van der Waals surface area contributed by atoms with E-state index in [-0.39, 0.29) is 5.54 Å². The molecule has 4 rings (SSSR count). The minimum absolute atomic E-state index is 0.0337. The Kier molecular flexibility index (Phi) is 2.42. The average Bonchev–Trinajstić information content (AvgIpc) is 3.04. The highest BCUT2D eigenvalue weighted by molar-refractivity contribution is 5.71. The summed E-state index contributed by atoms with van der Waals surface area (Å²) in [6, 6.07) is 4.63. The van der Waals surface area contributed by atoms with Gasteiger partial charge in [0.1, 0.15) is 11.3 Å². The maximum atomic E-state index is 6.53. The Labute approximate surface area is 113 Å². The molecular weight excluding hydrogens is 236 g/mol. The number of hydrogen-bond donors (Lipinski definition) is 1. The zero-order valence-electron chi connectivity index (χ0n) is 11.2. The van der Waals surface area contributed by atoms with Crippen molar-refractivity contribution in [1.82, 2.24) is 14.5 Å². The number of pyridine rings is 1. The second kappa shape index (κ2) is 4.04. The molecule has 0 unspecified atom stereocenters. The number of nitrogens with two attached hydrogens (primary N) is 1. The van der Waals surface area contributed by atoms with Crippen LogP contribution in [0.5, 0.6) is 0 Å². The summed E-state index contributed by atoms with van der Waals surface area (Å²) in [7, 11) is 0. The molecule has 2 N–H and O–H groups in total. The van der Waals surface area contributed by atoms with Gasteiger partial charge in [-0.05, 0) is 37.8 Å². The quantitative estimate of drug-likeness (QED) is 0.918. The Morgan fingerprint density at radius 3 is 2.84 bits per heavy atom. The largest absolute Gasteiger partial charge is 0.325 e. The molecule has 100 valence electrons. The van der Waals surface area contributed by atoms with Gasteiger partial charge in [-0.1, -0.05) is 12.8 Å². The van der Waals surface area contributed by atoms with Gasteiger partial charge in [0.25, 0.3) is 0 Å². The Balaban J connectivity index is 1.78. The molecule has 0 aromatic carbocycles. The second-order valence-corrected chi connectivity index (χ2v) is 6.22. The molecule has 0 saturated heterocycles. The molecule has 19 heavy (non-hydrogen) atoms. The summed E-state index contributed by atoms with van der Waals surface area (Å²) in [6.45, 7) is 0. The highest BCUT2D eigenvalue weighted by atomic mass is 15.2. The van der Waals surface area contributed by atoms with E-state index in [0.29, 0.717) is 6.04 Å². The van der Waals surface area contributed by atoms with Gasteiger partial charge in [-0.2, -0.15) is 0 Å². The lowest BCUT2D eigenvalue weighted by Crippen LogP contribution is -2.39. The van der Waals surface area contributed by atoms with E-state index in [2.05, 4.69) is 15.6 Å². The fraction of sp³-hybridized carbons (Fsp3) is 0.600. The molecule has 0 radical (unpaired) electrons. The molecule has 2 aromatic heterocycles. The predicted octanol–water partition coefficient (Wildman–Crippen LogP) is 2.58. The third kappa shape index (κ3) is 1.94. The van der Waals surface area contributed by atoms with Crippen LogP contribution in [0.25, 0.3) is 11.2 Å². The summed E-state index contributed by atoms with van der Waals surface area (Å²) in [5.74, 6) is 1.15. The van der Waals surface area contributed by atoms with Crippen molar-refractivity contribution in [1.29, 1.82) is 0 Å². The number of nitrogens with zero attached hydrogens (tertiary/aromatic N) is 3. The van der Waals surface area contributed by atoms with Crippen LogP contribution in [0.4, 0.5) is 0 Å². The van der Waals surface area contributed by atoms with E-state index in [9.17, 15) is 0 Å². The minimum atomic E-state index is -0.0337. The van der Waals surface area contributed by atoms with E-state index in [0.717, 1.165) is 36.3 Å². The van der Waals surface area contributed by atoms with E-state index in [4.69, 9.17) is 10.7 Å². The summed E-state index contributed by atoms with van der Waals surface area (Å²) < 4.78 is 2.35. The first-order valence-corrected chi connectivity index (χ1v) is 7.36. The van der Waals surface area contributed by atoms with Crippen molar-refractivity contribution in [2.24, 2.45) is 5.73 Å². The number of imidazole rings is 1. The molecule has 0 spiro atoms. The molecular formula is C15H20N4. The van der Waals surface area contributed by atoms with Crippen LogP contribution in [0.15, 0.2) is 18.3 Å². The Hall–Kier alpha value is -1.42. The van der Waals surface area contributed by atoms with Crippen LogP contribution >= 0.6 is 0 Å². The van der Waals surface area contributed by atoms with Gasteiger partial charge in [0.05, 0.1) is 0 Å². The van der Waals surface area contributed by atoms with Crippen LogP contribution in [-0.2, 0) is 6.42 Å². The number of rotatable bonds is 3. The molecule has 0 aliphatic heterocycles. The van der Waals surface area contributed by atoms with Crippen LogP contribution in [0, 0.1) is 0 Å². The summed E-state index contributed by atoms with van der Waals surface area (Å²) >= 11 is 0. The highest BCUT2D eigenvalue weighted by Gasteiger charge is 2.34. The van der Waals surface area contributed by atoms with Crippen LogP contribution in [0.2, 0.25) is 0 Å². The molecule has 2 aliphatic carbocycles. The number of aromatic nitrogens is 3. The van der Waals surface area contributed by atoms with Gasteiger partial charge in [0.15, 0.2) is 5.65 Å². The van der Waals surface area contributed by atoms with Crippen molar-refractivity contribution in [3.05, 3.63) is 24.2 Å². The first-order valence-electron chi connectivity index (χ1n) is 7.36. The Bertz CT molecular complexity index is 606. The standard InChI is InChI=1S/C15H20N4/c16-15(7-1-2-8-15)10-13-18-12-4-3-9-17-14(12)19(13)11-5-6-11/h3-4,9,11H,1-2,5-8,10,16H2. The van der Waals surface area contributed by atoms with Crippen molar-refractivity contribution >= 4 is 11.2 Å². The number of hydrogen-bond acceptors (Lipinski definition) is 3. The van der Waals surface area contributed by atoms with E-state index in [1.165, 1.54) is 25.7 Å². The van der Waals surface area contributed by atoms with E-state index < -0.39 is 0 Å².